The molecule has 150 valence electrons. The molecule has 0 radical (unpaired) electrons. The number of fused-ring (bicyclic) bond motifs is 1. The van der Waals surface area contributed by atoms with Gasteiger partial charge in [-0.05, 0) is 31.4 Å². The van der Waals surface area contributed by atoms with Crippen LogP contribution in [0.5, 0.6) is 0 Å². The van der Waals surface area contributed by atoms with Crippen molar-refractivity contribution in [1.29, 1.82) is 0 Å². The molecule has 1 aromatic carbocycles. The third-order valence-corrected chi connectivity index (χ3v) is 5.82. The molecule has 2 atom stereocenters. The fourth-order valence-corrected chi connectivity index (χ4v) is 4.32. The second kappa shape index (κ2) is 7.48. The zero-order valence-electron chi connectivity index (χ0n) is 16.5. The van der Waals surface area contributed by atoms with Gasteiger partial charge in [0.15, 0.2) is 0 Å². The maximum Gasteiger partial charge on any atom is 0.230 e. The van der Waals surface area contributed by atoms with Crippen LogP contribution in [0.4, 0.5) is 5.69 Å². The van der Waals surface area contributed by atoms with Crippen LogP contribution in [-0.4, -0.2) is 31.8 Å². The smallest absolute Gasteiger partial charge is 0.230 e. The molecule has 1 fully saturated rings. The van der Waals surface area contributed by atoms with Crippen molar-refractivity contribution in [2.24, 2.45) is 13.0 Å². The fraction of sp³-hybridized carbons (Fsp3) is 0.409. The molecular formula is C22H25N5O2. The van der Waals surface area contributed by atoms with Crippen molar-refractivity contribution in [3.05, 3.63) is 54.2 Å². The fourth-order valence-electron chi connectivity index (χ4n) is 4.32. The van der Waals surface area contributed by atoms with E-state index in [9.17, 15) is 4.79 Å². The molecule has 4 heterocycles. The summed E-state index contributed by atoms with van der Waals surface area (Å²) in [7, 11) is 1.87. The van der Waals surface area contributed by atoms with Crippen LogP contribution >= 0.6 is 0 Å². The molecule has 29 heavy (non-hydrogen) atoms. The normalized spacial score (nSPS) is 21.1. The number of aryl methyl sites for hydroxylation is 3. The molecule has 0 spiro atoms. The maximum atomic E-state index is 13.0. The quantitative estimate of drug-likeness (QED) is 0.740. The Hall–Kier alpha value is -2.93. The van der Waals surface area contributed by atoms with Crippen molar-refractivity contribution in [2.45, 2.75) is 38.3 Å². The van der Waals surface area contributed by atoms with Crippen molar-refractivity contribution in [2.75, 3.05) is 11.9 Å². The number of nitrogens with zero attached hydrogens (tertiary/aromatic N) is 4. The number of imidazole rings is 1. The van der Waals surface area contributed by atoms with Gasteiger partial charge < -0.3 is 14.6 Å². The van der Waals surface area contributed by atoms with Crippen molar-refractivity contribution in [1.82, 2.24) is 19.3 Å². The molecule has 7 heteroatoms. The standard InChI is InChI=1S/C22H25N5O2/c1-26-13-16(12-23-26)21-18(8-10-29-21)22(28)24-17-6-4-5-15(11-17)19-14-27-9-3-2-7-20(27)25-19/h4-6,11-14,18,21H,2-3,7-10H2,1H3,(H,24,28)/t18-,21+/m0/s1. The second-order valence-electron chi connectivity index (χ2n) is 7.90. The number of anilines is 1. The predicted octanol–water partition coefficient (Wildman–Crippen LogP) is 3.34. The van der Waals surface area contributed by atoms with E-state index in [4.69, 9.17) is 9.72 Å². The minimum atomic E-state index is -0.244. The first-order chi connectivity index (χ1) is 14.2. The Morgan fingerprint density at radius 2 is 2.21 bits per heavy atom. The monoisotopic (exact) mass is 391 g/mol. The summed E-state index contributed by atoms with van der Waals surface area (Å²) in [5.41, 5.74) is 3.73. The van der Waals surface area contributed by atoms with Crippen LogP contribution in [0.2, 0.25) is 0 Å². The van der Waals surface area contributed by atoms with Crippen LogP contribution in [0.25, 0.3) is 11.3 Å². The van der Waals surface area contributed by atoms with E-state index in [2.05, 4.69) is 21.2 Å². The van der Waals surface area contributed by atoms with Gasteiger partial charge >= 0.3 is 0 Å². The summed E-state index contributed by atoms with van der Waals surface area (Å²) < 4.78 is 9.82. The Labute approximate surface area is 169 Å². The van der Waals surface area contributed by atoms with E-state index in [0.29, 0.717) is 13.0 Å². The molecule has 1 saturated heterocycles. The summed E-state index contributed by atoms with van der Waals surface area (Å²) in [6.07, 6.45) is 9.72. The van der Waals surface area contributed by atoms with Crippen LogP contribution in [-0.2, 0) is 29.5 Å². The van der Waals surface area contributed by atoms with Gasteiger partial charge in [0.05, 0.1) is 23.9 Å². The lowest BCUT2D eigenvalue weighted by molar-refractivity contribution is -0.121. The molecule has 7 nitrogen and oxygen atoms in total. The van der Waals surface area contributed by atoms with Gasteiger partial charge in [-0.1, -0.05) is 12.1 Å². The lowest BCUT2D eigenvalue weighted by Crippen LogP contribution is -2.25. The summed E-state index contributed by atoms with van der Waals surface area (Å²) in [4.78, 5) is 17.8. The van der Waals surface area contributed by atoms with Gasteiger partial charge in [0.1, 0.15) is 5.82 Å². The molecular weight excluding hydrogens is 366 g/mol. The maximum absolute atomic E-state index is 13.0. The summed E-state index contributed by atoms with van der Waals surface area (Å²) >= 11 is 0. The zero-order chi connectivity index (χ0) is 19.8. The lowest BCUT2D eigenvalue weighted by atomic mass is 9.96. The van der Waals surface area contributed by atoms with Crippen LogP contribution < -0.4 is 5.32 Å². The van der Waals surface area contributed by atoms with E-state index in [1.54, 1.807) is 10.9 Å². The Bertz CT molecular complexity index is 1010. The highest BCUT2D eigenvalue weighted by atomic mass is 16.5. The average Bonchev–Trinajstić information content (AvgIpc) is 3.46. The first-order valence-corrected chi connectivity index (χ1v) is 10.2. The molecule has 0 aliphatic carbocycles. The highest BCUT2D eigenvalue weighted by Gasteiger charge is 2.36. The third kappa shape index (κ3) is 3.58. The van der Waals surface area contributed by atoms with E-state index >= 15 is 0 Å². The highest BCUT2D eigenvalue weighted by Crippen LogP contribution is 2.35. The minimum absolute atomic E-state index is 0.0161. The molecule has 1 amide bonds. The molecule has 0 bridgehead atoms. The summed E-state index contributed by atoms with van der Waals surface area (Å²) in [5.74, 6) is 0.920. The molecule has 0 unspecified atom stereocenters. The van der Waals surface area contributed by atoms with E-state index in [1.165, 1.54) is 12.8 Å². The highest BCUT2D eigenvalue weighted by molar-refractivity contribution is 5.93. The first kappa shape index (κ1) is 18.1. The topological polar surface area (TPSA) is 74.0 Å². The van der Waals surface area contributed by atoms with E-state index in [1.807, 2.05) is 37.5 Å². The van der Waals surface area contributed by atoms with Gasteiger partial charge in [-0.25, -0.2) is 4.98 Å². The largest absolute Gasteiger partial charge is 0.373 e. The van der Waals surface area contributed by atoms with E-state index < -0.39 is 0 Å². The number of nitrogens with one attached hydrogen (secondary N) is 1. The number of carbonyl (C=O) groups excluding carboxylic acids is 1. The summed E-state index contributed by atoms with van der Waals surface area (Å²) in [6.45, 7) is 1.62. The Balaban J connectivity index is 1.33. The predicted molar refractivity (Wildman–Crippen MR) is 109 cm³/mol. The SMILES string of the molecule is Cn1cc([C@H]2OCC[C@@H]2C(=O)Nc2cccc(-c3cn4c(n3)CCCC4)c2)cn1. The number of carbonyl (C=O) groups is 1. The van der Waals surface area contributed by atoms with Crippen molar-refractivity contribution >= 4 is 11.6 Å². The minimum Gasteiger partial charge on any atom is -0.373 e. The third-order valence-electron chi connectivity index (χ3n) is 5.82. The Morgan fingerprint density at radius 1 is 1.28 bits per heavy atom. The van der Waals surface area contributed by atoms with Gasteiger partial charge in [-0.3, -0.25) is 9.48 Å². The van der Waals surface area contributed by atoms with Crippen LogP contribution in [0.3, 0.4) is 0 Å². The van der Waals surface area contributed by atoms with Crippen LogP contribution in [0, 0.1) is 5.92 Å². The molecule has 2 aromatic heterocycles. The molecule has 1 N–H and O–H groups in total. The van der Waals surface area contributed by atoms with E-state index in [0.717, 1.165) is 41.3 Å². The van der Waals surface area contributed by atoms with Gasteiger partial charge in [0.2, 0.25) is 5.91 Å². The first-order valence-electron chi connectivity index (χ1n) is 10.2. The molecule has 2 aliphatic heterocycles. The van der Waals surface area contributed by atoms with Crippen LogP contribution in [0.15, 0.2) is 42.9 Å². The average molecular weight is 391 g/mol. The van der Waals surface area contributed by atoms with Gasteiger partial charge in [-0.15, -0.1) is 0 Å². The van der Waals surface area contributed by atoms with Crippen molar-refractivity contribution in [3.63, 3.8) is 0 Å². The molecule has 0 saturated carbocycles. The zero-order valence-corrected chi connectivity index (χ0v) is 16.5. The number of amides is 1. The van der Waals surface area contributed by atoms with E-state index in [-0.39, 0.29) is 17.9 Å². The number of benzene rings is 1. The lowest BCUT2D eigenvalue weighted by Gasteiger charge is -2.17. The van der Waals surface area contributed by atoms with Crippen LogP contribution in [0.1, 0.15) is 36.8 Å². The number of hydrogen-bond acceptors (Lipinski definition) is 4. The van der Waals surface area contributed by atoms with Gasteiger partial charge in [-0.2, -0.15) is 5.10 Å². The number of aromatic nitrogens is 4. The molecule has 5 rings (SSSR count). The van der Waals surface area contributed by atoms with Crippen molar-refractivity contribution in [3.8, 4) is 11.3 Å². The Kier molecular flexibility index (Phi) is 4.67. The Morgan fingerprint density at radius 3 is 3.03 bits per heavy atom. The number of rotatable bonds is 4. The number of ether oxygens (including phenoxy) is 1. The van der Waals surface area contributed by atoms with Crippen molar-refractivity contribution < 1.29 is 9.53 Å². The molecule has 2 aliphatic rings. The van der Waals surface area contributed by atoms with Gasteiger partial charge in [0, 0.05) is 55.8 Å². The molecule has 3 aromatic rings. The number of hydrogen-bond donors (Lipinski definition) is 1. The van der Waals surface area contributed by atoms with Gasteiger partial charge in [0.25, 0.3) is 0 Å². The summed E-state index contributed by atoms with van der Waals surface area (Å²) in [6, 6.07) is 7.93. The summed E-state index contributed by atoms with van der Waals surface area (Å²) in [5, 5.41) is 7.29. The second-order valence-corrected chi connectivity index (χ2v) is 7.90.